The molecule has 0 saturated heterocycles. The van der Waals surface area contributed by atoms with Gasteiger partial charge in [0.05, 0.1) is 0 Å². The molecule has 0 radical (unpaired) electrons. The Morgan fingerprint density at radius 2 is 2.43 bits per heavy atom. The molecule has 6 nitrogen and oxygen atoms in total. The van der Waals surface area contributed by atoms with Gasteiger partial charge in [0.2, 0.25) is 11.0 Å². The molecule has 0 aliphatic heterocycles. The Hall–Kier alpha value is -0.860. The Morgan fingerprint density at radius 1 is 1.71 bits per heavy atom. The van der Waals surface area contributed by atoms with Crippen LogP contribution in [0.25, 0.3) is 0 Å². The van der Waals surface area contributed by atoms with Gasteiger partial charge < -0.3 is 5.73 Å². The Labute approximate surface area is 89.4 Å². The minimum absolute atomic E-state index is 0.157. The van der Waals surface area contributed by atoms with Crippen molar-refractivity contribution in [2.45, 2.75) is 11.3 Å². The molecular formula is C6H11N5OS2. The predicted octanol–water partition coefficient (Wildman–Crippen LogP) is -0.162. The molecule has 0 spiro atoms. The zero-order chi connectivity index (χ0) is 10.6. The maximum atomic E-state index is 11.0. The molecule has 1 amide bonds. The number of hydrazine groups is 1. The molecule has 1 heterocycles. The average molecular weight is 233 g/mol. The van der Waals surface area contributed by atoms with Crippen molar-refractivity contribution in [1.29, 1.82) is 0 Å². The molecule has 0 aromatic carbocycles. The van der Waals surface area contributed by atoms with Crippen LogP contribution in [0.2, 0.25) is 0 Å². The minimum Gasteiger partial charge on any atom is -0.374 e. The Morgan fingerprint density at radius 3 is 2.93 bits per heavy atom. The van der Waals surface area contributed by atoms with Crippen LogP contribution in [0.1, 0.15) is 6.92 Å². The maximum absolute atomic E-state index is 11.0. The number of anilines is 1. The summed E-state index contributed by atoms with van der Waals surface area (Å²) in [6.07, 6.45) is 0. The van der Waals surface area contributed by atoms with Gasteiger partial charge in [0.25, 0.3) is 0 Å². The first kappa shape index (κ1) is 11.2. The molecule has 0 fully saturated rings. The van der Waals surface area contributed by atoms with Crippen molar-refractivity contribution in [1.82, 2.24) is 15.6 Å². The van der Waals surface area contributed by atoms with Gasteiger partial charge in [0.1, 0.15) is 0 Å². The summed E-state index contributed by atoms with van der Waals surface area (Å²) in [6.45, 7) is 1.79. The van der Waals surface area contributed by atoms with Crippen molar-refractivity contribution in [2.24, 2.45) is 11.8 Å². The van der Waals surface area contributed by atoms with Gasteiger partial charge >= 0.3 is 0 Å². The van der Waals surface area contributed by atoms with Gasteiger partial charge in [-0.05, 0) is 0 Å². The van der Waals surface area contributed by atoms with E-state index < -0.39 is 0 Å². The molecule has 1 rings (SSSR count). The monoisotopic (exact) mass is 233 g/mol. The summed E-state index contributed by atoms with van der Waals surface area (Å²) in [5, 5.41) is 7.91. The normalized spacial score (nSPS) is 12.4. The zero-order valence-corrected chi connectivity index (χ0v) is 9.19. The summed E-state index contributed by atoms with van der Waals surface area (Å²) in [5.74, 6) is 5.26. The number of hydrogen-bond donors (Lipinski definition) is 3. The first-order chi connectivity index (χ1) is 6.63. The van der Waals surface area contributed by atoms with E-state index in [9.17, 15) is 4.79 Å². The van der Waals surface area contributed by atoms with E-state index in [1.165, 1.54) is 23.1 Å². The van der Waals surface area contributed by atoms with E-state index >= 15 is 0 Å². The fourth-order valence-electron chi connectivity index (χ4n) is 0.693. The van der Waals surface area contributed by atoms with Crippen molar-refractivity contribution >= 4 is 34.1 Å². The minimum atomic E-state index is -0.185. The molecule has 0 saturated carbocycles. The Kier molecular flexibility index (Phi) is 4.11. The van der Waals surface area contributed by atoms with Crippen LogP contribution in [-0.2, 0) is 4.79 Å². The molecule has 1 aromatic heterocycles. The lowest BCUT2D eigenvalue weighted by Gasteiger charge is -2.06. The highest BCUT2D eigenvalue weighted by Gasteiger charge is 2.12. The number of carbonyl (C=O) groups excluding carboxylic acids is 1. The topological polar surface area (TPSA) is 107 Å². The number of nitrogens with zero attached hydrogens (tertiary/aromatic N) is 2. The van der Waals surface area contributed by atoms with Gasteiger partial charge in [0, 0.05) is 11.7 Å². The van der Waals surface area contributed by atoms with Crippen LogP contribution < -0.4 is 17.0 Å². The molecule has 1 atom stereocenters. The fourth-order valence-corrected chi connectivity index (χ4v) is 2.37. The van der Waals surface area contributed by atoms with Gasteiger partial charge in [-0.25, -0.2) is 5.84 Å². The van der Waals surface area contributed by atoms with Crippen LogP contribution in [0.4, 0.5) is 5.13 Å². The molecule has 1 aromatic rings. The van der Waals surface area contributed by atoms with E-state index in [1.54, 1.807) is 6.92 Å². The third-order valence-corrected chi connectivity index (χ3v) is 3.61. The lowest BCUT2D eigenvalue weighted by atomic mass is 10.2. The van der Waals surface area contributed by atoms with Crippen LogP contribution in [0.5, 0.6) is 0 Å². The molecular weight excluding hydrogens is 222 g/mol. The second kappa shape index (κ2) is 5.13. The van der Waals surface area contributed by atoms with E-state index in [0.717, 1.165) is 4.34 Å². The molecule has 78 valence electrons. The first-order valence-electron chi connectivity index (χ1n) is 3.85. The second-order valence-corrected chi connectivity index (χ2v) is 4.90. The lowest BCUT2D eigenvalue weighted by Crippen LogP contribution is -2.35. The zero-order valence-electron chi connectivity index (χ0n) is 7.56. The van der Waals surface area contributed by atoms with E-state index in [0.29, 0.717) is 10.9 Å². The average Bonchev–Trinajstić information content (AvgIpc) is 2.59. The summed E-state index contributed by atoms with van der Waals surface area (Å²) >= 11 is 2.75. The maximum Gasteiger partial charge on any atom is 0.237 e. The molecule has 0 aliphatic carbocycles. The summed E-state index contributed by atoms with van der Waals surface area (Å²) in [5.41, 5.74) is 7.50. The molecule has 1 unspecified atom stereocenters. The number of hydrogen-bond acceptors (Lipinski definition) is 7. The number of nitrogens with one attached hydrogen (secondary N) is 1. The van der Waals surface area contributed by atoms with Crippen molar-refractivity contribution in [3.63, 3.8) is 0 Å². The second-order valence-electron chi connectivity index (χ2n) is 2.63. The number of aromatic nitrogens is 2. The Bertz CT molecular complexity index is 315. The molecule has 8 heteroatoms. The van der Waals surface area contributed by atoms with E-state index in [4.69, 9.17) is 11.6 Å². The van der Waals surface area contributed by atoms with Crippen LogP contribution in [0.3, 0.4) is 0 Å². The van der Waals surface area contributed by atoms with Crippen molar-refractivity contribution in [2.75, 3.05) is 11.5 Å². The molecule has 14 heavy (non-hydrogen) atoms. The van der Waals surface area contributed by atoms with Crippen LogP contribution in [-0.4, -0.2) is 21.9 Å². The smallest absolute Gasteiger partial charge is 0.237 e. The number of nitrogen functional groups attached to an aromatic ring is 1. The van der Waals surface area contributed by atoms with Crippen molar-refractivity contribution in [3.05, 3.63) is 0 Å². The highest BCUT2D eigenvalue weighted by Crippen LogP contribution is 2.25. The lowest BCUT2D eigenvalue weighted by molar-refractivity contribution is -0.123. The van der Waals surface area contributed by atoms with Crippen molar-refractivity contribution < 1.29 is 4.79 Å². The van der Waals surface area contributed by atoms with Crippen LogP contribution >= 0.6 is 23.1 Å². The fraction of sp³-hybridized carbons (Fsp3) is 0.500. The van der Waals surface area contributed by atoms with E-state index in [1.807, 2.05) is 0 Å². The number of nitrogens with two attached hydrogens (primary N) is 2. The predicted molar refractivity (Wildman–Crippen MR) is 56.5 cm³/mol. The largest absolute Gasteiger partial charge is 0.374 e. The summed E-state index contributed by atoms with van der Waals surface area (Å²) in [6, 6.07) is 0. The highest BCUT2D eigenvalue weighted by molar-refractivity contribution is 8.01. The van der Waals surface area contributed by atoms with E-state index in [-0.39, 0.29) is 11.8 Å². The number of thioether (sulfide) groups is 1. The van der Waals surface area contributed by atoms with Crippen molar-refractivity contribution in [3.8, 4) is 0 Å². The van der Waals surface area contributed by atoms with Gasteiger partial charge in [-0.1, -0.05) is 30.0 Å². The van der Waals surface area contributed by atoms with E-state index in [2.05, 4.69) is 15.6 Å². The summed E-state index contributed by atoms with van der Waals surface area (Å²) < 4.78 is 0.763. The number of rotatable bonds is 4. The quantitative estimate of drug-likeness (QED) is 0.289. The third-order valence-electron chi connectivity index (χ3n) is 1.47. The van der Waals surface area contributed by atoms with Gasteiger partial charge in [-0.15, -0.1) is 10.2 Å². The third kappa shape index (κ3) is 3.13. The summed E-state index contributed by atoms with van der Waals surface area (Å²) in [4.78, 5) is 11.0. The SMILES string of the molecule is CC(CSc1nnc(N)s1)C(=O)NN. The van der Waals surface area contributed by atoms with Crippen LogP contribution in [0, 0.1) is 5.92 Å². The van der Waals surface area contributed by atoms with Gasteiger partial charge in [-0.3, -0.25) is 10.2 Å². The van der Waals surface area contributed by atoms with Gasteiger partial charge in [-0.2, -0.15) is 0 Å². The summed E-state index contributed by atoms with van der Waals surface area (Å²) in [7, 11) is 0. The number of amides is 1. The first-order valence-corrected chi connectivity index (χ1v) is 5.66. The van der Waals surface area contributed by atoms with Crippen LogP contribution in [0.15, 0.2) is 4.34 Å². The molecule has 0 aliphatic rings. The Balaban J connectivity index is 2.37. The number of carbonyl (C=O) groups is 1. The van der Waals surface area contributed by atoms with Gasteiger partial charge in [0.15, 0.2) is 4.34 Å². The highest BCUT2D eigenvalue weighted by atomic mass is 32.2. The molecule has 5 N–H and O–H groups in total. The standard InChI is InChI=1S/C6H11N5OS2/c1-3(4(12)9-8)2-13-6-11-10-5(7)14-6/h3H,2,8H2,1H3,(H2,7,10)(H,9,12). The molecule has 0 bridgehead atoms.